The van der Waals surface area contributed by atoms with Crippen LogP contribution in [0.3, 0.4) is 0 Å². The van der Waals surface area contributed by atoms with Crippen molar-refractivity contribution in [2.75, 3.05) is 6.54 Å². The molecule has 0 saturated heterocycles. The van der Waals surface area contributed by atoms with E-state index in [0.717, 1.165) is 22.9 Å². The summed E-state index contributed by atoms with van der Waals surface area (Å²) in [5, 5.41) is 0. The second-order valence-electron chi connectivity index (χ2n) is 5.69. The number of nitrogens with two attached hydrogens (primary N) is 1. The zero-order valence-corrected chi connectivity index (χ0v) is 13.3. The molecule has 2 N–H and O–H groups in total. The Labute approximate surface area is 129 Å². The van der Waals surface area contributed by atoms with E-state index in [2.05, 4.69) is 15.9 Å². The molecule has 0 aromatic heterocycles. The normalized spacial score (nSPS) is 17.7. The van der Waals surface area contributed by atoms with Gasteiger partial charge in [-0.25, -0.2) is 0 Å². The molecule has 0 unspecified atom stereocenters. The van der Waals surface area contributed by atoms with Crippen molar-refractivity contribution in [3.63, 3.8) is 0 Å². The van der Waals surface area contributed by atoms with Crippen LogP contribution in [0.5, 0.6) is 0 Å². The van der Waals surface area contributed by atoms with Crippen LogP contribution < -0.4 is 5.73 Å². The minimum Gasteiger partial charge on any atom is -0.461 e. The van der Waals surface area contributed by atoms with Gasteiger partial charge in [-0.3, -0.25) is 4.79 Å². The Bertz CT molecular complexity index is 456. The Morgan fingerprint density at radius 2 is 1.95 bits per heavy atom. The predicted octanol–water partition coefficient (Wildman–Crippen LogP) is 3.79. The lowest BCUT2D eigenvalue weighted by molar-refractivity contribution is -0.148. The summed E-state index contributed by atoms with van der Waals surface area (Å²) in [4.78, 5) is 12.1. The van der Waals surface area contributed by atoms with Crippen molar-refractivity contribution in [3.8, 4) is 0 Å². The number of halogens is 1. The SMILES string of the molecule is NCC1(CC(=O)OCc2ccccc2Br)CCCCC1. The molecular formula is C16H22BrNO2. The van der Waals surface area contributed by atoms with Gasteiger partial charge in [0.15, 0.2) is 0 Å². The van der Waals surface area contributed by atoms with Crippen LogP contribution >= 0.6 is 15.9 Å². The lowest BCUT2D eigenvalue weighted by atomic mass is 9.72. The minimum absolute atomic E-state index is 0.0246. The number of benzene rings is 1. The molecule has 0 amide bonds. The molecule has 110 valence electrons. The average molecular weight is 340 g/mol. The summed E-state index contributed by atoms with van der Waals surface area (Å²) in [6, 6.07) is 7.79. The van der Waals surface area contributed by atoms with Crippen molar-refractivity contribution in [2.24, 2.45) is 11.1 Å². The van der Waals surface area contributed by atoms with Crippen LogP contribution in [0.2, 0.25) is 0 Å². The molecule has 1 aromatic carbocycles. The highest BCUT2D eigenvalue weighted by Gasteiger charge is 2.33. The molecule has 4 heteroatoms. The number of hydrogen-bond donors (Lipinski definition) is 1. The number of hydrogen-bond acceptors (Lipinski definition) is 3. The van der Waals surface area contributed by atoms with Crippen molar-refractivity contribution in [3.05, 3.63) is 34.3 Å². The Morgan fingerprint density at radius 3 is 2.60 bits per heavy atom. The van der Waals surface area contributed by atoms with Crippen LogP contribution in [-0.4, -0.2) is 12.5 Å². The maximum Gasteiger partial charge on any atom is 0.306 e. The van der Waals surface area contributed by atoms with Crippen molar-refractivity contribution < 1.29 is 9.53 Å². The summed E-state index contributed by atoms with van der Waals surface area (Å²) in [7, 11) is 0. The molecule has 0 spiro atoms. The number of carbonyl (C=O) groups excluding carboxylic acids is 1. The molecule has 1 aliphatic rings. The molecule has 1 fully saturated rings. The molecule has 0 radical (unpaired) electrons. The van der Waals surface area contributed by atoms with Crippen LogP contribution in [-0.2, 0) is 16.1 Å². The molecule has 2 rings (SSSR count). The van der Waals surface area contributed by atoms with Gasteiger partial charge in [0.25, 0.3) is 0 Å². The van der Waals surface area contributed by atoms with E-state index in [1.165, 1.54) is 19.3 Å². The summed E-state index contributed by atoms with van der Waals surface area (Å²) < 4.78 is 6.39. The minimum atomic E-state index is -0.131. The topological polar surface area (TPSA) is 52.3 Å². The number of ether oxygens (including phenoxy) is 1. The van der Waals surface area contributed by atoms with Crippen LogP contribution in [0.4, 0.5) is 0 Å². The van der Waals surface area contributed by atoms with E-state index < -0.39 is 0 Å². The molecule has 3 nitrogen and oxygen atoms in total. The summed E-state index contributed by atoms with van der Waals surface area (Å²) in [6.07, 6.45) is 6.16. The van der Waals surface area contributed by atoms with Gasteiger partial charge in [-0.15, -0.1) is 0 Å². The third kappa shape index (κ3) is 4.06. The Hall–Kier alpha value is -0.870. The van der Waals surface area contributed by atoms with Gasteiger partial charge in [0.2, 0.25) is 0 Å². The van der Waals surface area contributed by atoms with Gasteiger partial charge in [-0.05, 0) is 30.9 Å². The van der Waals surface area contributed by atoms with Gasteiger partial charge in [0, 0.05) is 10.0 Å². The van der Waals surface area contributed by atoms with Crippen LogP contribution in [0, 0.1) is 5.41 Å². The highest BCUT2D eigenvalue weighted by molar-refractivity contribution is 9.10. The second kappa shape index (κ2) is 7.23. The first kappa shape index (κ1) is 15.5. The average Bonchev–Trinajstić information content (AvgIpc) is 2.47. The molecule has 1 aromatic rings. The highest BCUT2D eigenvalue weighted by atomic mass is 79.9. The molecule has 0 heterocycles. The van der Waals surface area contributed by atoms with E-state index in [-0.39, 0.29) is 11.4 Å². The summed E-state index contributed by atoms with van der Waals surface area (Å²) in [6.45, 7) is 0.901. The number of carbonyl (C=O) groups is 1. The predicted molar refractivity (Wildman–Crippen MR) is 83.1 cm³/mol. The molecule has 0 aliphatic heterocycles. The largest absolute Gasteiger partial charge is 0.461 e. The van der Waals surface area contributed by atoms with Crippen molar-refractivity contribution in [2.45, 2.75) is 45.1 Å². The van der Waals surface area contributed by atoms with Crippen LogP contribution in [0.15, 0.2) is 28.7 Å². The standard InChI is InChI=1S/C16H22BrNO2/c17-14-7-3-2-6-13(14)11-20-15(19)10-16(12-18)8-4-1-5-9-16/h2-3,6-7H,1,4-5,8-12,18H2. The third-order valence-electron chi connectivity index (χ3n) is 4.21. The fourth-order valence-corrected chi connectivity index (χ4v) is 3.28. The van der Waals surface area contributed by atoms with E-state index in [1.807, 2.05) is 24.3 Å². The number of esters is 1. The smallest absolute Gasteiger partial charge is 0.306 e. The van der Waals surface area contributed by atoms with Gasteiger partial charge >= 0.3 is 5.97 Å². The molecule has 0 bridgehead atoms. The van der Waals surface area contributed by atoms with Gasteiger partial charge in [-0.1, -0.05) is 53.4 Å². The Morgan fingerprint density at radius 1 is 1.25 bits per heavy atom. The first-order valence-corrected chi connectivity index (χ1v) is 8.04. The van der Waals surface area contributed by atoms with Gasteiger partial charge in [-0.2, -0.15) is 0 Å². The highest BCUT2D eigenvalue weighted by Crippen LogP contribution is 2.38. The van der Waals surface area contributed by atoms with E-state index in [0.29, 0.717) is 19.6 Å². The lowest BCUT2D eigenvalue weighted by Crippen LogP contribution is -2.35. The van der Waals surface area contributed by atoms with Gasteiger partial charge < -0.3 is 10.5 Å². The Kier molecular flexibility index (Phi) is 5.61. The lowest BCUT2D eigenvalue weighted by Gasteiger charge is -2.35. The van der Waals surface area contributed by atoms with Crippen LogP contribution in [0.25, 0.3) is 0 Å². The first-order valence-electron chi connectivity index (χ1n) is 7.24. The second-order valence-corrected chi connectivity index (χ2v) is 6.55. The fraction of sp³-hybridized carbons (Fsp3) is 0.562. The first-order chi connectivity index (χ1) is 9.65. The fourth-order valence-electron chi connectivity index (χ4n) is 2.89. The van der Waals surface area contributed by atoms with Crippen molar-refractivity contribution >= 4 is 21.9 Å². The summed E-state index contributed by atoms with van der Waals surface area (Å²) >= 11 is 3.46. The molecule has 20 heavy (non-hydrogen) atoms. The van der Waals surface area contributed by atoms with Gasteiger partial charge in [0.1, 0.15) is 6.61 Å². The zero-order chi connectivity index (χ0) is 14.4. The molecule has 0 atom stereocenters. The van der Waals surface area contributed by atoms with E-state index >= 15 is 0 Å². The summed E-state index contributed by atoms with van der Waals surface area (Å²) in [5.41, 5.74) is 6.87. The Balaban J connectivity index is 1.87. The van der Waals surface area contributed by atoms with Gasteiger partial charge in [0.05, 0.1) is 6.42 Å². The molecule has 1 saturated carbocycles. The van der Waals surface area contributed by atoms with E-state index in [1.54, 1.807) is 0 Å². The zero-order valence-electron chi connectivity index (χ0n) is 11.7. The molecular weight excluding hydrogens is 318 g/mol. The van der Waals surface area contributed by atoms with Crippen molar-refractivity contribution in [1.29, 1.82) is 0 Å². The monoisotopic (exact) mass is 339 g/mol. The molecule has 1 aliphatic carbocycles. The van der Waals surface area contributed by atoms with Crippen molar-refractivity contribution in [1.82, 2.24) is 0 Å². The maximum absolute atomic E-state index is 12.1. The van der Waals surface area contributed by atoms with E-state index in [9.17, 15) is 4.79 Å². The summed E-state index contributed by atoms with van der Waals surface area (Å²) in [5.74, 6) is -0.131. The quantitative estimate of drug-likeness (QED) is 0.830. The number of rotatable bonds is 5. The third-order valence-corrected chi connectivity index (χ3v) is 4.99. The van der Waals surface area contributed by atoms with E-state index in [4.69, 9.17) is 10.5 Å². The maximum atomic E-state index is 12.1. The van der Waals surface area contributed by atoms with Crippen LogP contribution in [0.1, 0.15) is 44.1 Å².